The van der Waals surface area contributed by atoms with Gasteiger partial charge in [-0.3, -0.25) is 4.98 Å². The highest BCUT2D eigenvalue weighted by molar-refractivity contribution is 5.94. The number of aromatic carboxylic acids is 1. The van der Waals surface area contributed by atoms with Gasteiger partial charge in [-0.05, 0) is 25.0 Å². The molecule has 0 spiro atoms. The van der Waals surface area contributed by atoms with Gasteiger partial charge in [0.1, 0.15) is 17.2 Å². The Morgan fingerprint density at radius 1 is 1.38 bits per heavy atom. The molecule has 0 amide bonds. The summed E-state index contributed by atoms with van der Waals surface area (Å²) in [5, 5.41) is 22.8. The number of fused-ring (bicyclic) bond motifs is 1. The van der Waals surface area contributed by atoms with Crippen molar-refractivity contribution in [3.05, 3.63) is 53.4 Å². The lowest BCUT2D eigenvalue weighted by Gasteiger charge is -2.27. The molecule has 4 heterocycles. The summed E-state index contributed by atoms with van der Waals surface area (Å²) in [5.41, 5.74) is 1.32. The molecule has 0 saturated carbocycles. The Kier molecular flexibility index (Phi) is 4.00. The van der Waals surface area contributed by atoms with Crippen LogP contribution in [0.25, 0.3) is 5.65 Å². The van der Waals surface area contributed by atoms with Crippen LogP contribution in [0.3, 0.4) is 0 Å². The number of carbonyl (C=O) groups is 1. The Balaban J connectivity index is 1.77. The number of nitrogens with zero attached hydrogens (tertiary/aromatic N) is 5. The summed E-state index contributed by atoms with van der Waals surface area (Å²) < 4.78 is 15.1. The molecule has 3 aromatic heterocycles. The number of carboxylic acids is 1. The molecule has 26 heavy (non-hydrogen) atoms. The monoisotopic (exact) mass is 357 g/mol. The molecule has 8 nitrogen and oxygen atoms in total. The molecule has 134 valence electrons. The van der Waals surface area contributed by atoms with Crippen molar-refractivity contribution in [2.24, 2.45) is 0 Å². The van der Waals surface area contributed by atoms with Crippen molar-refractivity contribution in [2.75, 3.05) is 11.4 Å². The van der Waals surface area contributed by atoms with E-state index in [1.807, 2.05) is 4.90 Å². The van der Waals surface area contributed by atoms with Crippen molar-refractivity contribution in [3.8, 4) is 0 Å². The lowest BCUT2D eigenvalue weighted by molar-refractivity contribution is 0.0698. The number of halogens is 1. The van der Waals surface area contributed by atoms with Gasteiger partial charge in [0.25, 0.3) is 0 Å². The third-order valence-corrected chi connectivity index (χ3v) is 4.61. The number of rotatable bonds is 4. The van der Waals surface area contributed by atoms with Crippen molar-refractivity contribution in [3.63, 3.8) is 0 Å². The number of hydrogen-bond acceptors (Lipinski definition) is 6. The van der Waals surface area contributed by atoms with E-state index in [0.717, 1.165) is 19.0 Å². The van der Waals surface area contributed by atoms with Crippen molar-refractivity contribution in [2.45, 2.75) is 25.5 Å². The maximum atomic E-state index is 13.7. The summed E-state index contributed by atoms with van der Waals surface area (Å²) in [6, 6.07) is 2.95. The molecule has 1 aliphatic rings. The zero-order valence-electron chi connectivity index (χ0n) is 13.7. The third kappa shape index (κ3) is 2.66. The van der Waals surface area contributed by atoms with Gasteiger partial charge in [-0.25, -0.2) is 18.7 Å². The molecule has 2 N–H and O–H groups in total. The fourth-order valence-corrected chi connectivity index (χ4v) is 3.44. The van der Waals surface area contributed by atoms with Crippen LogP contribution in [0, 0.1) is 5.82 Å². The van der Waals surface area contributed by atoms with Crippen LogP contribution in [0.15, 0.2) is 30.7 Å². The van der Waals surface area contributed by atoms with E-state index in [2.05, 4.69) is 15.1 Å². The summed E-state index contributed by atoms with van der Waals surface area (Å²) >= 11 is 0. The molecule has 0 aliphatic carbocycles. The van der Waals surface area contributed by atoms with Crippen LogP contribution in [0.4, 0.5) is 10.2 Å². The minimum atomic E-state index is -1.10. The minimum absolute atomic E-state index is 0.0195. The predicted octanol–water partition coefficient (Wildman–Crippen LogP) is 1.80. The average molecular weight is 357 g/mol. The first-order valence-electron chi connectivity index (χ1n) is 8.18. The van der Waals surface area contributed by atoms with Crippen LogP contribution in [0.1, 0.15) is 40.5 Å². The maximum Gasteiger partial charge on any atom is 0.341 e. The Bertz CT molecular complexity index is 990. The number of carboxylic acid groups (broad SMARTS) is 1. The standard InChI is InChI=1S/C17H16FN5O3/c18-10-6-11(13(9-24)19-7-10)14-2-1-4-22(14)15-3-5-23-16(21-15)12(8-20-23)17(25)26/h3,5-8,14,24H,1-2,4,9H2,(H,25,26)/t14-/m1/s1. The predicted molar refractivity (Wildman–Crippen MR) is 89.4 cm³/mol. The Labute approximate surface area is 147 Å². The summed E-state index contributed by atoms with van der Waals surface area (Å²) in [7, 11) is 0. The zero-order valence-corrected chi connectivity index (χ0v) is 13.7. The van der Waals surface area contributed by atoms with E-state index in [1.165, 1.54) is 16.8 Å². The molecule has 9 heteroatoms. The molecule has 4 rings (SSSR count). The highest BCUT2D eigenvalue weighted by atomic mass is 19.1. The van der Waals surface area contributed by atoms with Gasteiger partial charge < -0.3 is 15.1 Å². The lowest BCUT2D eigenvalue weighted by atomic mass is 10.0. The lowest BCUT2D eigenvalue weighted by Crippen LogP contribution is -2.25. The number of pyridine rings is 1. The van der Waals surface area contributed by atoms with E-state index in [9.17, 15) is 19.4 Å². The molecular weight excluding hydrogens is 341 g/mol. The van der Waals surface area contributed by atoms with Crippen molar-refractivity contribution in [1.29, 1.82) is 0 Å². The van der Waals surface area contributed by atoms with Gasteiger partial charge in [0.05, 0.1) is 30.7 Å². The van der Waals surface area contributed by atoms with Crippen LogP contribution in [0.5, 0.6) is 0 Å². The Morgan fingerprint density at radius 3 is 3.00 bits per heavy atom. The van der Waals surface area contributed by atoms with E-state index < -0.39 is 11.8 Å². The summed E-state index contributed by atoms with van der Waals surface area (Å²) in [4.78, 5) is 21.8. The first-order valence-corrected chi connectivity index (χ1v) is 8.18. The quantitative estimate of drug-likeness (QED) is 0.734. The summed E-state index contributed by atoms with van der Waals surface area (Å²) in [5.74, 6) is -0.980. The maximum absolute atomic E-state index is 13.7. The third-order valence-electron chi connectivity index (χ3n) is 4.61. The molecule has 3 aromatic rings. The van der Waals surface area contributed by atoms with Crippen LogP contribution in [-0.4, -0.2) is 42.3 Å². The van der Waals surface area contributed by atoms with Gasteiger partial charge in [0.15, 0.2) is 5.65 Å². The molecule has 0 unspecified atom stereocenters. The van der Waals surface area contributed by atoms with Gasteiger partial charge in [-0.2, -0.15) is 5.10 Å². The van der Waals surface area contributed by atoms with Crippen LogP contribution in [0.2, 0.25) is 0 Å². The minimum Gasteiger partial charge on any atom is -0.477 e. The summed E-state index contributed by atoms with van der Waals surface area (Å²) in [6.45, 7) is 0.407. The van der Waals surface area contributed by atoms with Crippen LogP contribution >= 0.6 is 0 Å². The topological polar surface area (TPSA) is 104 Å². The van der Waals surface area contributed by atoms with Crippen molar-refractivity contribution < 1.29 is 19.4 Å². The van der Waals surface area contributed by atoms with Gasteiger partial charge in [0, 0.05) is 18.3 Å². The van der Waals surface area contributed by atoms with E-state index >= 15 is 0 Å². The second-order valence-corrected chi connectivity index (χ2v) is 6.12. The zero-order chi connectivity index (χ0) is 18.3. The number of anilines is 1. The van der Waals surface area contributed by atoms with Gasteiger partial charge >= 0.3 is 5.97 Å². The van der Waals surface area contributed by atoms with E-state index in [0.29, 0.717) is 23.6 Å². The smallest absolute Gasteiger partial charge is 0.341 e. The SMILES string of the molecule is O=C(O)c1cnn2ccc(N3CCC[C@@H]3c3cc(F)cnc3CO)nc12. The fourth-order valence-electron chi connectivity index (χ4n) is 3.44. The first-order chi connectivity index (χ1) is 12.6. The number of hydrogen-bond donors (Lipinski definition) is 2. The second-order valence-electron chi connectivity index (χ2n) is 6.12. The number of aromatic nitrogens is 4. The average Bonchev–Trinajstić information content (AvgIpc) is 3.28. The molecule has 1 aliphatic heterocycles. The highest BCUT2D eigenvalue weighted by Crippen LogP contribution is 2.36. The highest BCUT2D eigenvalue weighted by Gasteiger charge is 2.30. The molecular formula is C17H16FN5O3. The van der Waals surface area contributed by atoms with E-state index in [4.69, 9.17) is 0 Å². The molecule has 1 fully saturated rings. The van der Waals surface area contributed by atoms with Gasteiger partial charge in [-0.15, -0.1) is 0 Å². The normalized spacial score (nSPS) is 17.2. The van der Waals surface area contributed by atoms with Gasteiger partial charge in [-0.1, -0.05) is 0 Å². The number of aliphatic hydroxyl groups is 1. The largest absolute Gasteiger partial charge is 0.477 e. The molecule has 0 bridgehead atoms. The number of aliphatic hydroxyl groups excluding tert-OH is 1. The van der Waals surface area contributed by atoms with Crippen molar-refractivity contribution in [1.82, 2.24) is 19.6 Å². The Morgan fingerprint density at radius 2 is 2.23 bits per heavy atom. The van der Waals surface area contributed by atoms with Gasteiger partial charge in [0.2, 0.25) is 0 Å². The second kappa shape index (κ2) is 6.34. The van der Waals surface area contributed by atoms with E-state index in [-0.39, 0.29) is 23.9 Å². The van der Waals surface area contributed by atoms with Crippen LogP contribution in [-0.2, 0) is 6.61 Å². The fraction of sp³-hybridized carbons (Fsp3) is 0.294. The van der Waals surface area contributed by atoms with Crippen LogP contribution < -0.4 is 4.90 Å². The molecule has 1 saturated heterocycles. The molecule has 0 aromatic carbocycles. The summed E-state index contributed by atoms with van der Waals surface area (Å²) in [6.07, 6.45) is 5.62. The first kappa shape index (κ1) is 16.4. The molecule has 0 radical (unpaired) electrons. The Hall–Kier alpha value is -3.07. The molecule has 1 atom stereocenters. The van der Waals surface area contributed by atoms with Crippen molar-refractivity contribution >= 4 is 17.4 Å². The van der Waals surface area contributed by atoms with E-state index in [1.54, 1.807) is 12.3 Å².